The summed E-state index contributed by atoms with van der Waals surface area (Å²) >= 11 is 1.31. The van der Waals surface area contributed by atoms with Crippen molar-refractivity contribution in [2.45, 2.75) is 20.5 Å². The number of hydrogen-bond acceptors (Lipinski definition) is 6. The molecule has 4 rings (SSSR count). The predicted molar refractivity (Wildman–Crippen MR) is 131 cm³/mol. The van der Waals surface area contributed by atoms with Gasteiger partial charge in [0.2, 0.25) is 0 Å². The first-order chi connectivity index (χ1) is 15.9. The lowest BCUT2D eigenvalue weighted by atomic mass is 10.1. The molecule has 8 heteroatoms. The normalized spacial score (nSPS) is 15.6. The van der Waals surface area contributed by atoms with Crippen LogP contribution in [0, 0.1) is 24.0 Å². The third kappa shape index (κ3) is 5.87. The third-order valence-electron chi connectivity index (χ3n) is 4.82. The Kier molecular flexibility index (Phi) is 6.55. The van der Waals surface area contributed by atoms with E-state index in [1.807, 2.05) is 56.3 Å². The summed E-state index contributed by atoms with van der Waals surface area (Å²) < 4.78 is 5.75. The Morgan fingerprint density at radius 2 is 1.70 bits per heavy atom. The first-order valence-electron chi connectivity index (χ1n) is 10.2. The predicted octanol–water partition coefficient (Wildman–Crippen LogP) is 5.68. The van der Waals surface area contributed by atoms with Gasteiger partial charge < -0.3 is 10.1 Å². The van der Waals surface area contributed by atoms with E-state index in [1.54, 1.807) is 12.1 Å². The Hall–Kier alpha value is -3.91. The number of nitrogens with zero attached hydrogens (tertiary/aromatic N) is 2. The molecule has 0 aromatic heterocycles. The monoisotopic (exact) mass is 459 g/mol. The Morgan fingerprint density at radius 1 is 1.03 bits per heavy atom. The van der Waals surface area contributed by atoms with Crippen LogP contribution in [0.3, 0.4) is 0 Å². The van der Waals surface area contributed by atoms with Crippen LogP contribution in [0.5, 0.6) is 5.75 Å². The lowest BCUT2D eigenvalue weighted by molar-refractivity contribution is -0.384. The number of non-ortho nitro benzene ring substituents is 1. The minimum Gasteiger partial charge on any atom is -0.489 e. The highest BCUT2D eigenvalue weighted by Gasteiger charge is 2.23. The topological polar surface area (TPSA) is 93.8 Å². The van der Waals surface area contributed by atoms with E-state index >= 15 is 0 Å². The lowest BCUT2D eigenvalue weighted by Gasteiger charge is -2.06. The second-order valence-electron chi connectivity index (χ2n) is 7.61. The zero-order valence-electron chi connectivity index (χ0n) is 18.1. The summed E-state index contributed by atoms with van der Waals surface area (Å²) in [6.07, 6.45) is 1.81. The average molecular weight is 460 g/mol. The van der Waals surface area contributed by atoms with E-state index in [0.29, 0.717) is 22.4 Å². The largest absolute Gasteiger partial charge is 0.489 e. The molecule has 1 aliphatic rings. The SMILES string of the molecule is Cc1cc(C)cc(N=C2NC(=O)C(=Cc3ccc(OCc4ccc([N+](=O)[O-])cc4)cc3)S2)c1. The number of amides is 1. The highest BCUT2D eigenvalue weighted by Crippen LogP contribution is 2.29. The van der Waals surface area contributed by atoms with Gasteiger partial charge in [-0.15, -0.1) is 0 Å². The number of benzene rings is 3. The van der Waals surface area contributed by atoms with Crippen molar-refractivity contribution in [2.24, 2.45) is 4.99 Å². The molecule has 1 aliphatic heterocycles. The van der Waals surface area contributed by atoms with Gasteiger partial charge in [-0.2, -0.15) is 0 Å². The summed E-state index contributed by atoms with van der Waals surface area (Å²) in [5, 5.41) is 14.1. The van der Waals surface area contributed by atoms with Crippen LogP contribution in [0.15, 0.2) is 76.6 Å². The van der Waals surface area contributed by atoms with E-state index in [4.69, 9.17) is 4.74 Å². The van der Waals surface area contributed by atoms with Crippen molar-refractivity contribution in [3.63, 3.8) is 0 Å². The average Bonchev–Trinajstić information content (AvgIpc) is 3.11. The number of nitrogens with one attached hydrogen (secondary N) is 1. The van der Waals surface area contributed by atoms with Crippen molar-refractivity contribution in [2.75, 3.05) is 0 Å². The third-order valence-corrected chi connectivity index (χ3v) is 5.73. The van der Waals surface area contributed by atoms with Crippen LogP contribution in [-0.4, -0.2) is 16.0 Å². The summed E-state index contributed by atoms with van der Waals surface area (Å²) in [6, 6.07) is 19.7. The number of carbonyl (C=O) groups is 1. The molecule has 1 amide bonds. The van der Waals surface area contributed by atoms with E-state index in [1.165, 1.54) is 23.9 Å². The van der Waals surface area contributed by atoms with Gasteiger partial charge in [0.25, 0.3) is 11.6 Å². The number of aliphatic imine (C=N–C) groups is 1. The number of ether oxygens (including phenoxy) is 1. The molecule has 1 fully saturated rings. The molecule has 1 saturated heterocycles. The number of aryl methyl sites for hydroxylation is 2. The number of rotatable bonds is 6. The van der Waals surface area contributed by atoms with Crippen LogP contribution in [0.1, 0.15) is 22.3 Å². The zero-order valence-corrected chi connectivity index (χ0v) is 18.9. The van der Waals surface area contributed by atoms with Crippen molar-refractivity contribution in [1.29, 1.82) is 0 Å². The molecule has 166 valence electrons. The van der Waals surface area contributed by atoms with Crippen molar-refractivity contribution >= 4 is 40.3 Å². The van der Waals surface area contributed by atoms with Crippen LogP contribution in [0.4, 0.5) is 11.4 Å². The number of thioether (sulfide) groups is 1. The minimum absolute atomic E-state index is 0.0483. The molecule has 0 saturated carbocycles. The Balaban J connectivity index is 1.39. The zero-order chi connectivity index (χ0) is 23.4. The Bertz CT molecular complexity index is 1250. The Labute approximate surface area is 195 Å². The van der Waals surface area contributed by atoms with Gasteiger partial charge in [0, 0.05) is 12.1 Å². The van der Waals surface area contributed by atoms with Crippen LogP contribution >= 0.6 is 11.8 Å². The molecule has 3 aromatic carbocycles. The first kappa shape index (κ1) is 22.3. The molecule has 0 spiro atoms. The number of nitro benzene ring substituents is 1. The van der Waals surface area contributed by atoms with Crippen molar-refractivity contribution in [3.05, 3.63) is 104 Å². The van der Waals surface area contributed by atoms with Crippen molar-refractivity contribution in [3.8, 4) is 5.75 Å². The molecule has 0 bridgehead atoms. The van der Waals surface area contributed by atoms with E-state index in [2.05, 4.69) is 16.4 Å². The maximum atomic E-state index is 12.4. The van der Waals surface area contributed by atoms with Gasteiger partial charge in [-0.3, -0.25) is 14.9 Å². The highest BCUT2D eigenvalue weighted by molar-refractivity contribution is 8.18. The molecular weight excluding hydrogens is 438 g/mol. The molecular formula is C25H21N3O4S. The van der Waals surface area contributed by atoms with Crippen LogP contribution in [0.25, 0.3) is 6.08 Å². The van der Waals surface area contributed by atoms with E-state index in [9.17, 15) is 14.9 Å². The fourth-order valence-corrected chi connectivity index (χ4v) is 4.15. The van der Waals surface area contributed by atoms with Crippen molar-refractivity contribution < 1.29 is 14.5 Å². The summed E-state index contributed by atoms with van der Waals surface area (Å²) in [6.45, 7) is 4.33. The minimum atomic E-state index is -0.431. The smallest absolute Gasteiger partial charge is 0.269 e. The molecule has 0 radical (unpaired) electrons. The van der Waals surface area contributed by atoms with Gasteiger partial charge in [-0.1, -0.05) is 18.2 Å². The number of amidine groups is 1. The number of nitro groups is 1. The molecule has 33 heavy (non-hydrogen) atoms. The molecule has 0 aliphatic carbocycles. The standard InChI is InChI=1S/C25H21N3O4S/c1-16-11-17(2)13-20(12-16)26-25-27-24(29)23(33-25)14-18-5-9-22(10-6-18)32-15-19-3-7-21(8-4-19)28(30)31/h3-14H,15H2,1-2H3,(H,26,27,29). The maximum absolute atomic E-state index is 12.4. The molecule has 3 aromatic rings. The number of hydrogen-bond donors (Lipinski definition) is 1. The lowest BCUT2D eigenvalue weighted by Crippen LogP contribution is -2.19. The maximum Gasteiger partial charge on any atom is 0.269 e. The second-order valence-corrected chi connectivity index (χ2v) is 8.64. The van der Waals surface area contributed by atoms with Gasteiger partial charge in [0.15, 0.2) is 5.17 Å². The van der Waals surface area contributed by atoms with Crippen LogP contribution < -0.4 is 10.1 Å². The summed E-state index contributed by atoms with van der Waals surface area (Å²) in [7, 11) is 0. The summed E-state index contributed by atoms with van der Waals surface area (Å²) in [5.41, 5.74) is 4.80. The van der Waals surface area contributed by atoms with Gasteiger partial charge in [-0.05, 0) is 90.3 Å². The number of carbonyl (C=O) groups excluding carboxylic acids is 1. The molecule has 0 atom stereocenters. The molecule has 1 heterocycles. The van der Waals surface area contributed by atoms with Gasteiger partial charge in [0.1, 0.15) is 12.4 Å². The van der Waals surface area contributed by atoms with E-state index in [0.717, 1.165) is 27.9 Å². The van der Waals surface area contributed by atoms with Crippen LogP contribution in [0.2, 0.25) is 0 Å². The van der Waals surface area contributed by atoms with Gasteiger partial charge in [-0.25, -0.2) is 4.99 Å². The fourth-order valence-electron chi connectivity index (χ4n) is 3.31. The van der Waals surface area contributed by atoms with E-state index in [-0.39, 0.29) is 11.6 Å². The Morgan fingerprint density at radius 3 is 2.33 bits per heavy atom. The highest BCUT2D eigenvalue weighted by atomic mass is 32.2. The van der Waals surface area contributed by atoms with Crippen molar-refractivity contribution in [1.82, 2.24) is 5.32 Å². The molecule has 1 N–H and O–H groups in total. The molecule has 7 nitrogen and oxygen atoms in total. The van der Waals surface area contributed by atoms with E-state index < -0.39 is 4.92 Å². The second kappa shape index (κ2) is 9.70. The summed E-state index contributed by atoms with van der Waals surface area (Å²) in [5.74, 6) is 0.484. The molecule has 0 unspecified atom stereocenters. The first-order valence-corrected chi connectivity index (χ1v) is 11.0. The van der Waals surface area contributed by atoms with Crippen LogP contribution in [-0.2, 0) is 11.4 Å². The summed E-state index contributed by atoms with van der Waals surface area (Å²) in [4.78, 5) is 27.8. The fraction of sp³-hybridized carbons (Fsp3) is 0.120. The quantitative estimate of drug-likeness (QED) is 0.291. The van der Waals surface area contributed by atoms with Gasteiger partial charge in [0.05, 0.1) is 15.5 Å². The van der Waals surface area contributed by atoms with Gasteiger partial charge >= 0.3 is 0 Å².